The van der Waals surface area contributed by atoms with Crippen molar-refractivity contribution in [1.29, 1.82) is 0 Å². The molecule has 1 heterocycles. The molecule has 2 atom stereocenters. The van der Waals surface area contributed by atoms with Crippen LogP contribution in [0.25, 0.3) is 0 Å². The Balaban J connectivity index is 2.82. The summed E-state index contributed by atoms with van der Waals surface area (Å²) in [7, 11) is 0. The number of aromatic nitrogens is 1. The molecule has 0 saturated heterocycles. The fourth-order valence-electron chi connectivity index (χ4n) is 1.95. The molecule has 0 aliphatic carbocycles. The maximum atomic E-state index is 12.1. The van der Waals surface area contributed by atoms with Crippen molar-refractivity contribution in [3.8, 4) is 0 Å². The number of aliphatic carboxylic acids is 1. The van der Waals surface area contributed by atoms with Gasteiger partial charge in [0.15, 0.2) is 0 Å². The maximum absolute atomic E-state index is 12.1. The number of hydrogen-bond donors (Lipinski definition) is 2. The molecule has 0 aliphatic heterocycles. The summed E-state index contributed by atoms with van der Waals surface area (Å²) < 4.78 is 1.84. The summed E-state index contributed by atoms with van der Waals surface area (Å²) >= 11 is 0. The van der Waals surface area contributed by atoms with Gasteiger partial charge >= 0.3 is 5.97 Å². The van der Waals surface area contributed by atoms with E-state index < -0.39 is 12.0 Å². The first-order chi connectivity index (χ1) is 9.01. The van der Waals surface area contributed by atoms with Crippen LogP contribution in [0.15, 0.2) is 18.3 Å². The molecule has 2 N–H and O–H groups in total. The zero-order chi connectivity index (χ0) is 14.4. The van der Waals surface area contributed by atoms with E-state index in [4.69, 9.17) is 0 Å². The Morgan fingerprint density at radius 2 is 2.11 bits per heavy atom. The molecule has 1 amide bonds. The summed E-state index contributed by atoms with van der Waals surface area (Å²) in [6.07, 6.45) is 3.45. The van der Waals surface area contributed by atoms with E-state index in [-0.39, 0.29) is 11.8 Å². The third-order valence-electron chi connectivity index (χ3n) is 3.29. The van der Waals surface area contributed by atoms with Gasteiger partial charge in [0, 0.05) is 12.7 Å². The third-order valence-corrected chi connectivity index (χ3v) is 3.29. The highest BCUT2D eigenvalue weighted by atomic mass is 16.4. The molecule has 0 fully saturated rings. The standard InChI is InChI=1S/C14H22N2O3/c1-4-8-16-9-6-7-11(16)13(17)15-12(14(18)19)10(3)5-2/h6-7,9-10,12H,4-5,8H2,1-3H3,(H,15,17)(H,18,19). The van der Waals surface area contributed by atoms with Crippen molar-refractivity contribution in [2.45, 2.75) is 46.2 Å². The van der Waals surface area contributed by atoms with Gasteiger partial charge in [-0.3, -0.25) is 4.79 Å². The molecule has 0 aliphatic rings. The Kier molecular flexibility index (Phi) is 5.60. The Hall–Kier alpha value is -1.78. The smallest absolute Gasteiger partial charge is 0.326 e. The lowest BCUT2D eigenvalue weighted by Crippen LogP contribution is -2.45. The molecule has 0 aromatic carbocycles. The largest absolute Gasteiger partial charge is 0.480 e. The molecule has 5 nitrogen and oxygen atoms in total. The Labute approximate surface area is 113 Å². The topological polar surface area (TPSA) is 71.3 Å². The summed E-state index contributed by atoms with van der Waals surface area (Å²) in [5.41, 5.74) is 0.511. The second-order valence-electron chi connectivity index (χ2n) is 4.76. The lowest BCUT2D eigenvalue weighted by atomic mass is 9.99. The van der Waals surface area contributed by atoms with E-state index in [1.54, 1.807) is 12.1 Å². The number of amides is 1. The van der Waals surface area contributed by atoms with E-state index in [0.717, 1.165) is 13.0 Å². The molecule has 0 bridgehead atoms. The van der Waals surface area contributed by atoms with Crippen molar-refractivity contribution in [3.05, 3.63) is 24.0 Å². The fraction of sp³-hybridized carbons (Fsp3) is 0.571. The first-order valence-corrected chi connectivity index (χ1v) is 6.70. The third kappa shape index (κ3) is 3.84. The maximum Gasteiger partial charge on any atom is 0.326 e. The highest BCUT2D eigenvalue weighted by molar-refractivity contribution is 5.95. The lowest BCUT2D eigenvalue weighted by Gasteiger charge is -2.20. The average molecular weight is 266 g/mol. The summed E-state index contributed by atoms with van der Waals surface area (Å²) in [4.78, 5) is 23.3. The highest BCUT2D eigenvalue weighted by Crippen LogP contribution is 2.10. The minimum atomic E-state index is -0.990. The minimum absolute atomic E-state index is 0.101. The van der Waals surface area contributed by atoms with Crippen LogP contribution in [0, 0.1) is 5.92 Å². The predicted octanol–water partition coefficient (Wildman–Crippen LogP) is 2.13. The number of carbonyl (C=O) groups excluding carboxylic acids is 1. The van der Waals surface area contributed by atoms with Crippen LogP contribution < -0.4 is 5.32 Å². The molecule has 0 radical (unpaired) electrons. The Bertz CT molecular complexity index is 440. The molecule has 19 heavy (non-hydrogen) atoms. The fourth-order valence-corrected chi connectivity index (χ4v) is 1.95. The van der Waals surface area contributed by atoms with Crippen LogP contribution in [-0.4, -0.2) is 27.6 Å². The van der Waals surface area contributed by atoms with Gasteiger partial charge in [0.25, 0.3) is 5.91 Å². The lowest BCUT2D eigenvalue weighted by molar-refractivity contribution is -0.140. The van der Waals surface area contributed by atoms with Gasteiger partial charge in [0.1, 0.15) is 11.7 Å². The number of carboxylic acid groups (broad SMARTS) is 1. The normalized spacial score (nSPS) is 13.8. The van der Waals surface area contributed by atoms with Crippen molar-refractivity contribution in [2.75, 3.05) is 0 Å². The number of hydrogen-bond acceptors (Lipinski definition) is 2. The van der Waals surface area contributed by atoms with E-state index in [1.807, 2.05) is 31.5 Å². The van der Waals surface area contributed by atoms with Gasteiger partial charge in [-0.1, -0.05) is 27.2 Å². The first-order valence-electron chi connectivity index (χ1n) is 6.70. The number of carboxylic acids is 1. The molecule has 1 aromatic rings. The van der Waals surface area contributed by atoms with E-state index in [9.17, 15) is 14.7 Å². The van der Waals surface area contributed by atoms with Crippen molar-refractivity contribution in [2.24, 2.45) is 5.92 Å². The summed E-state index contributed by atoms with van der Waals surface area (Å²) in [5.74, 6) is -1.42. The summed E-state index contributed by atoms with van der Waals surface area (Å²) in [6.45, 7) is 6.51. The molecular formula is C14H22N2O3. The van der Waals surface area contributed by atoms with Gasteiger partial charge in [-0.2, -0.15) is 0 Å². The number of aryl methyl sites for hydroxylation is 1. The van der Waals surface area contributed by atoms with E-state index >= 15 is 0 Å². The van der Waals surface area contributed by atoms with Gasteiger partial charge in [-0.25, -0.2) is 4.79 Å². The predicted molar refractivity (Wildman–Crippen MR) is 73.1 cm³/mol. The second kappa shape index (κ2) is 6.97. The average Bonchev–Trinajstić information content (AvgIpc) is 2.83. The number of nitrogens with zero attached hydrogens (tertiary/aromatic N) is 1. The second-order valence-corrected chi connectivity index (χ2v) is 4.76. The first kappa shape index (κ1) is 15.3. The van der Waals surface area contributed by atoms with Crippen LogP contribution in [0.3, 0.4) is 0 Å². The van der Waals surface area contributed by atoms with E-state index in [1.165, 1.54) is 0 Å². The minimum Gasteiger partial charge on any atom is -0.480 e. The molecule has 5 heteroatoms. The molecule has 106 valence electrons. The van der Waals surface area contributed by atoms with E-state index in [0.29, 0.717) is 12.1 Å². The molecule has 1 aromatic heterocycles. The molecule has 0 saturated carbocycles. The number of nitrogens with one attached hydrogen (secondary N) is 1. The number of carbonyl (C=O) groups is 2. The molecular weight excluding hydrogens is 244 g/mol. The van der Waals surface area contributed by atoms with Gasteiger partial charge in [-0.05, 0) is 24.5 Å². The van der Waals surface area contributed by atoms with Gasteiger partial charge < -0.3 is 15.0 Å². The van der Waals surface area contributed by atoms with Crippen LogP contribution >= 0.6 is 0 Å². The SMILES string of the molecule is CCCn1cccc1C(=O)NC(C(=O)O)C(C)CC. The summed E-state index contributed by atoms with van der Waals surface area (Å²) in [5, 5.41) is 11.8. The quantitative estimate of drug-likeness (QED) is 0.794. The molecule has 0 spiro atoms. The zero-order valence-electron chi connectivity index (χ0n) is 11.7. The van der Waals surface area contributed by atoms with Crippen LogP contribution in [0.5, 0.6) is 0 Å². The van der Waals surface area contributed by atoms with Crippen molar-refractivity contribution in [1.82, 2.24) is 9.88 Å². The van der Waals surface area contributed by atoms with Gasteiger partial charge in [0.05, 0.1) is 0 Å². The zero-order valence-corrected chi connectivity index (χ0v) is 11.7. The van der Waals surface area contributed by atoms with Crippen LogP contribution in [0.4, 0.5) is 0 Å². The molecule has 1 rings (SSSR count). The van der Waals surface area contributed by atoms with E-state index in [2.05, 4.69) is 5.32 Å². The monoisotopic (exact) mass is 266 g/mol. The van der Waals surface area contributed by atoms with Crippen molar-refractivity contribution in [3.63, 3.8) is 0 Å². The van der Waals surface area contributed by atoms with Gasteiger partial charge in [0.2, 0.25) is 0 Å². The van der Waals surface area contributed by atoms with Crippen LogP contribution in [-0.2, 0) is 11.3 Å². The molecule has 2 unspecified atom stereocenters. The Morgan fingerprint density at radius 3 is 2.63 bits per heavy atom. The van der Waals surface area contributed by atoms with Crippen molar-refractivity contribution >= 4 is 11.9 Å². The number of rotatable bonds is 7. The Morgan fingerprint density at radius 1 is 1.42 bits per heavy atom. The van der Waals surface area contributed by atoms with Crippen LogP contribution in [0.1, 0.15) is 44.1 Å². The highest BCUT2D eigenvalue weighted by Gasteiger charge is 2.26. The van der Waals surface area contributed by atoms with Crippen LogP contribution in [0.2, 0.25) is 0 Å². The van der Waals surface area contributed by atoms with Crippen molar-refractivity contribution < 1.29 is 14.7 Å². The summed E-state index contributed by atoms with van der Waals surface area (Å²) in [6, 6.07) is 2.66. The van der Waals surface area contributed by atoms with Gasteiger partial charge in [-0.15, -0.1) is 0 Å².